The van der Waals surface area contributed by atoms with Crippen molar-refractivity contribution in [3.05, 3.63) is 89.5 Å². The maximum atomic E-state index is 14.0. The van der Waals surface area contributed by atoms with Gasteiger partial charge in [-0.25, -0.2) is 4.98 Å². The number of hydrogen-bond donors (Lipinski definition) is 0. The summed E-state index contributed by atoms with van der Waals surface area (Å²) in [5, 5.41) is 0. The third-order valence-corrected chi connectivity index (χ3v) is 10.5. The van der Waals surface area contributed by atoms with Gasteiger partial charge in [-0.2, -0.15) is 11.8 Å². The van der Waals surface area contributed by atoms with E-state index in [4.69, 9.17) is 14.5 Å². The number of fused-ring (bicyclic) bond motifs is 1. The van der Waals surface area contributed by atoms with Gasteiger partial charge in [0.1, 0.15) is 5.75 Å². The predicted octanol–water partition coefficient (Wildman–Crippen LogP) is 6.33. The Morgan fingerprint density at radius 2 is 1.79 bits per heavy atom. The molecular formula is C38H49N5O3S. The van der Waals surface area contributed by atoms with Crippen molar-refractivity contribution in [3.8, 4) is 5.75 Å². The fraction of sp³-hybridized carbons (Fsp3) is 0.474. The lowest BCUT2D eigenvalue weighted by atomic mass is 9.76. The number of anilines is 1. The molecule has 0 N–H and O–H groups in total. The van der Waals surface area contributed by atoms with Gasteiger partial charge in [0.25, 0.3) is 5.91 Å². The van der Waals surface area contributed by atoms with Crippen molar-refractivity contribution in [3.63, 3.8) is 0 Å². The number of aromatic nitrogens is 2. The summed E-state index contributed by atoms with van der Waals surface area (Å²) < 4.78 is 13.7. The lowest BCUT2D eigenvalue weighted by Crippen LogP contribution is -2.39. The summed E-state index contributed by atoms with van der Waals surface area (Å²) >= 11 is 1.76. The minimum atomic E-state index is -0.0831. The highest BCUT2D eigenvalue weighted by Gasteiger charge is 2.42. The topological polar surface area (TPSA) is 63.1 Å². The summed E-state index contributed by atoms with van der Waals surface area (Å²) in [6.45, 7) is 10.7. The van der Waals surface area contributed by atoms with E-state index < -0.39 is 0 Å². The van der Waals surface area contributed by atoms with Crippen LogP contribution in [0.5, 0.6) is 5.75 Å². The monoisotopic (exact) mass is 655 g/mol. The van der Waals surface area contributed by atoms with Crippen LogP contribution < -0.4 is 9.64 Å². The van der Waals surface area contributed by atoms with Crippen molar-refractivity contribution < 1.29 is 14.3 Å². The zero-order valence-corrected chi connectivity index (χ0v) is 29.0. The number of rotatable bonds is 13. The standard InChI is InChI=1S/C38H49N5O3S/c1-4-46-26-25-43-34-14-9-8-13-33(34)39-37(43)41-20-10-19-40(23-24-41)21-17-38(31-11-6-5-7-12-31)18-22-42(29-38)36(44)32-27-30(28-47-3)15-16-35(32)45-2/h5-9,11-16,27H,4,10,17-26,28-29H2,1-3H3. The Hall–Kier alpha value is -3.53. The van der Waals surface area contributed by atoms with E-state index in [1.165, 1.54) is 11.1 Å². The molecular weight excluding hydrogens is 607 g/mol. The summed E-state index contributed by atoms with van der Waals surface area (Å²) in [7, 11) is 1.65. The third-order valence-electron chi connectivity index (χ3n) is 9.91. The number of thioether (sulfide) groups is 1. The first-order chi connectivity index (χ1) is 23.0. The SMILES string of the molecule is CCOCCn1c(N2CCCN(CCC3(c4ccccc4)CCN(C(=O)c4cc(CSC)ccc4OC)C3)CC2)nc2ccccc21. The van der Waals surface area contributed by atoms with Gasteiger partial charge in [0.2, 0.25) is 5.95 Å². The molecule has 4 aromatic rings. The van der Waals surface area contributed by atoms with Crippen LogP contribution in [0.25, 0.3) is 11.0 Å². The van der Waals surface area contributed by atoms with Crippen LogP contribution in [-0.2, 0) is 22.4 Å². The normalized spacial score (nSPS) is 19.0. The van der Waals surface area contributed by atoms with Crippen LogP contribution in [0, 0.1) is 0 Å². The molecule has 1 atom stereocenters. The number of benzene rings is 3. The van der Waals surface area contributed by atoms with Crippen molar-refractivity contribution in [2.45, 2.75) is 43.9 Å². The van der Waals surface area contributed by atoms with Gasteiger partial charge in [0, 0.05) is 57.0 Å². The zero-order valence-electron chi connectivity index (χ0n) is 28.2. The van der Waals surface area contributed by atoms with Gasteiger partial charge >= 0.3 is 0 Å². The predicted molar refractivity (Wildman–Crippen MR) is 193 cm³/mol. The molecule has 0 saturated carbocycles. The Kier molecular flexibility index (Phi) is 11.1. The van der Waals surface area contributed by atoms with Gasteiger partial charge in [0.05, 0.1) is 30.3 Å². The Balaban J connectivity index is 1.16. The highest BCUT2D eigenvalue weighted by molar-refractivity contribution is 7.97. The van der Waals surface area contributed by atoms with E-state index in [-0.39, 0.29) is 11.3 Å². The molecule has 1 unspecified atom stereocenters. The number of nitrogens with zero attached hydrogens (tertiary/aromatic N) is 5. The number of amides is 1. The Bertz CT molecular complexity index is 1630. The third kappa shape index (κ3) is 7.47. The van der Waals surface area contributed by atoms with Crippen LogP contribution in [0.4, 0.5) is 5.95 Å². The summed E-state index contributed by atoms with van der Waals surface area (Å²) in [5.74, 6) is 2.64. The molecule has 2 fully saturated rings. The van der Waals surface area contributed by atoms with Crippen molar-refractivity contribution in [2.75, 3.05) is 77.3 Å². The molecule has 0 radical (unpaired) electrons. The quantitative estimate of drug-likeness (QED) is 0.156. The van der Waals surface area contributed by atoms with Crippen molar-refractivity contribution in [1.82, 2.24) is 19.4 Å². The molecule has 250 valence electrons. The second-order valence-electron chi connectivity index (χ2n) is 12.8. The molecule has 2 aliphatic rings. The first-order valence-corrected chi connectivity index (χ1v) is 18.5. The van der Waals surface area contributed by atoms with Crippen molar-refractivity contribution >= 4 is 34.7 Å². The molecule has 8 nitrogen and oxygen atoms in total. The lowest BCUT2D eigenvalue weighted by molar-refractivity contribution is 0.0777. The summed E-state index contributed by atoms with van der Waals surface area (Å²) in [5.41, 5.74) is 5.28. The van der Waals surface area contributed by atoms with Crippen molar-refractivity contribution in [2.24, 2.45) is 0 Å². The molecule has 2 aliphatic heterocycles. The molecule has 0 aliphatic carbocycles. The zero-order chi connectivity index (χ0) is 32.6. The number of carbonyl (C=O) groups is 1. The number of hydrogen-bond acceptors (Lipinski definition) is 7. The van der Waals surface area contributed by atoms with E-state index in [2.05, 4.69) is 86.2 Å². The summed E-state index contributed by atoms with van der Waals surface area (Å²) in [6, 6.07) is 25.3. The van der Waals surface area contributed by atoms with Gasteiger partial charge in [-0.1, -0.05) is 48.5 Å². The van der Waals surface area contributed by atoms with Gasteiger partial charge < -0.3 is 28.7 Å². The Morgan fingerprint density at radius 1 is 0.957 bits per heavy atom. The minimum Gasteiger partial charge on any atom is -0.496 e. The maximum absolute atomic E-state index is 14.0. The van der Waals surface area contributed by atoms with Crippen LogP contribution in [0.3, 0.4) is 0 Å². The first kappa shape index (κ1) is 33.4. The summed E-state index contributed by atoms with van der Waals surface area (Å²) in [4.78, 5) is 26.2. The largest absolute Gasteiger partial charge is 0.496 e. The summed E-state index contributed by atoms with van der Waals surface area (Å²) in [6.07, 6.45) is 5.14. The minimum absolute atomic E-state index is 0.0697. The molecule has 3 aromatic carbocycles. The number of likely N-dealkylation sites (tertiary alicyclic amines) is 1. The molecule has 47 heavy (non-hydrogen) atoms. The van der Waals surface area contributed by atoms with Gasteiger partial charge in [-0.3, -0.25) is 4.79 Å². The van der Waals surface area contributed by atoms with E-state index in [1.54, 1.807) is 18.9 Å². The van der Waals surface area contributed by atoms with Crippen LogP contribution in [0.15, 0.2) is 72.8 Å². The van der Waals surface area contributed by atoms with E-state index in [9.17, 15) is 4.79 Å². The highest BCUT2D eigenvalue weighted by Crippen LogP contribution is 2.39. The number of para-hydroxylation sites is 2. The number of methoxy groups -OCH3 is 1. The van der Waals surface area contributed by atoms with E-state index in [0.29, 0.717) is 17.9 Å². The molecule has 9 heteroatoms. The average Bonchev–Trinajstić information content (AvgIpc) is 3.63. The van der Waals surface area contributed by atoms with Crippen LogP contribution in [-0.4, -0.2) is 97.7 Å². The lowest BCUT2D eigenvalue weighted by Gasteiger charge is -2.33. The van der Waals surface area contributed by atoms with E-state index in [1.807, 2.05) is 19.1 Å². The highest BCUT2D eigenvalue weighted by atomic mass is 32.2. The Morgan fingerprint density at radius 3 is 2.60 bits per heavy atom. The molecule has 0 spiro atoms. The fourth-order valence-corrected chi connectivity index (χ4v) is 7.87. The van der Waals surface area contributed by atoms with E-state index in [0.717, 1.165) is 101 Å². The average molecular weight is 656 g/mol. The van der Waals surface area contributed by atoms with Gasteiger partial charge in [-0.15, -0.1) is 0 Å². The number of imidazole rings is 1. The van der Waals surface area contributed by atoms with E-state index >= 15 is 0 Å². The Labute approximate surface area is 284 Å². The molecule has 1 aromatic heterocycles. The van der Waals surface area contributed by atoms with Crippen LogP contribution >= 0.6 is 11.8 Å². The fourth-order valence-electron chi connectivity index (χ4n) is 7.36. The second kappa shape index (κ2) is 15.6. The first-order valence-electron chi connectivity index (χ1n) is 17.1. The molecule has 0 bridgehead atoms. The smallest absolute Gasteiger partial charge is 0.257 e. The number of carbonyl (C=O) groups excluding carboxylic acids is 1. The number of ether oxygens (including phenoxy) is 2. The van der Waals surface area contributed by atoms with Gasteiger partial charge in [0.15, 0.2) is 0 Å². The molecule has 3 heterocycles. The molecule has 6 rings (SSSR count). The molecule has 1 amide bonds. The van der Waals surface area contributed by atoms with Crippen LogP contribution in [0.2, 0.25) is 0 Å². The maximum Gasteiger partial charge on any atom is 0.257 e. The van der Waals surface area contributed by atoms with Gasteiger partial charge in [-0.05, 0) is 80.9 Å². The second-order valence-corrected chi connectivity index (χ2v) is 13.6. The molecule has 2 saturated heterocycles. The van der Waals surface area contributed by atoms with Crippen LogP contribution in [0.1, 0.15) is 47.7 Å². The van der Waals surface area contributed by atoms with Crippen molar-refractivity contribution in [1.29, 1.82) is 0 Å².